The van der Waals surface area contributed by atoms with Crippen molar-refractivity contribution in [2.75, 3.05) is 14.2 Å². The van der Waals surface area contributed by atoms with Crippen LogP contribution in [-0.2, 0) is 22.0 Å². The fourth-order valence-electron chi connectivity index (χ4n) is 2.71. The van der Waals surface area contributed by atoms with Gasteiger partial charge in [0.15, 0.2) is 11.5 Å². The molecular formula is C17H21NO4S2. The van der Waals surface area contributed by atoms with Crippen molar-refractivity contribution in [3.8, 4) is 11.5 Å². The Hall–Kier alpha value is -1.57. The number of nitrogens with one attached hydrogen (secondary N) is 1. The van der Waals surface area contributed by atoms with Gasteiger partial charge in [-0.2, -0.15) is 4.72 Å². The third kappa shape index (κ3) is 3.16. The number of ether oxygens (including phenoxy) is 2. The third-order valence-corrected chi connectivity index (χ3v) is 7.52. The van der Waals surface area contributed by atoms with Gasteiger partial charge in [0.25, 0.3) is 10.0 Å². The molecule has 1 aliphatic rings. The molecule has 1 N–H and O–H groups in total. The normalized spacial score (nSPS) is 16.0. The first-order valence-corrected chi connectivity index (χ1v) is 10.1. The minimum absolute atomic E-state index is 0.367. The molecule has 1 aromatic heterocycles. The van der Waals surface area contributed by atoms with Crippen molar-refractivity contribution in [1.29, 1.82) is 0 Å². The summed E-state index contributed by atoms with van der Waals surface area (Å²) in [5, 5.41) is 0. The van der Waals surface area contributed by atoms with E-state index in [0.29, 0.717) is 15.7 Å². The highest BCUT2D eigenvalue weighted by Crippen LogP contribution is 2.48. The minimum atomic E-state index is -3.53. The van der Waals surface area contributed by atoms with Crippen LogP contribution in [0.4, 0.5) is 0 Å². The Morgan fingerprint density at radius 3 is 2.38 bits per heavy atom. The van der Waals surface area contributed by atoms with Crippen molar-refractivity contribution >= 4 is 21.4 Å². The molecule has 0 amide bonds. The first-order chi connectivity index (χ1) is 11.4. The lowest BCUT2D eigenvalue weighted by Crippen LogP contribution is -2.34. The zero-order chi connectivity index (χ0) is 17.4. The predicted octanol–water partition coefficient (Wildman–Crippen LogP) is 3.30. The largest absolute Gasteiger partial charge is 0.493 e. The van der Waals surface area contributed by atoms with E-state index in [9.17, 15) is 8.42 Å². The second kappa shape index (κ2) is 6.38. The summed E-state index contributed by atoms with van der Waals surface area (Å²) in [6.07, 6.45) is 2.38. The molecule has 0 radical (unpaired) electrons. The molecule has 1 aromatic carbocycles. The van der Waals surface area contributed by atoms with Gasteiger partial charge in [-0.05, 0) is 49.1 Å². The van der Waals surface area contributed by atoms with Crippen LogP contribution in [-0.4, -0.2) is 22.6 Å². The second-order valence-corrected chi connectivity index (χ2v) is 8.91. The summed E-state index contributed by atoms with van der Waals surface area (Å²) in [5.41, 5.74) is 0.352. The van der Waals surface area contributed by atoms with Gasteiger partial charge in [-0.15, -0.1) is 11.3 Å². The van der Waals surface area contributed by atoms with Crippen LogP contribution >= 0.6 is 11.3 Å². The number of hydrogen-bond donors (Lipinski definition) is 1. The van der Waals surface area contributed by atoms with Crippen molar-refractivity contribution in [3.63, 3.8) is 0 Å². The lowest BCUT2D eigenvalue weighted by atomic mass is 10.1. The zero-order valence-electron chi connectivity index (χ0n) is 14.0. The fraction of sp³-hybridized carbons (Fsp3) is 0.412. The molecule has 24 heavy (non-hydrogen) atoms. The highest BCUT2D eigenvalue weighted by Gasteiger charge is 2.48. The molecule has 130 valence electrons. The number of rotatable bonds is 7. The number of aryl methyl sites for hydroxylation is 1. The van der Waals surface area contributed by atoms with Gasteiger partial charge >= 0.3 is 0 Å². The van der Waals surface area contributed by atoms with Gasteiger partial charge in [0.2, 0.25) is 0 Å². The van der Waals surface area contributed by atoms with Gasteiger partial charge in [-0.25, -0.2) is 8.42 Å². The quantitative estimate of drug-likeness (QED) is 0.815. The van der Waals surface area contributed by atoms with E-state index >= 15 is 0 Å². The van der Waals surface area contributed by atoms with Crippen molar-refractivity contribution in [2.45, 2.75) is 35.9 Å². The highest BCUT2D eigenvalue weighted by molar-refractivity contribution is 7.91. The SMILES string of the molecule is CCc1ccc(S(=O)(=O)NC2(c3ccc(OC)c(OC)c3)CC2)s1. The van der Waals surface area contributed by atoms with Crippen molar-refractivity contribution in [2.24, 2.45) is 0 Å². The molecule has 0 saturated heterocycles. The summed E-state index contributed by atoms with van der Waals surface area (Å²) < 4.78 is 39.3. The van der Waals surface area contributed by atoms with Gasteiger partial charge in [0, 0.05) is 4.88 Å². The molecule has 0 atom stereocenters. The molecular weight excluding hydrogens is 346 g/mol. The van der Waals surface area contributed by atoms with E-state index in [1.54, 1.807) is 20.3 Å². The zero-order valence-corrected chi connectivity index (χ0v) is 15.6. The average Bonchev–Trinajstić information content (AvgIpc) is 3.17. The molecule has 0 unspecified atom stereocenters. The Kier molecular flexibility index (Phi) is 4.59. The molecule has 1 aliphatic carbocycles. The van der Waals surface area contributed by atoms with E-state index in [4.69, 9.17) is 9.47 Å². The lowest BCUT2D eigenvalue weighted by molar-refractivity contribution is 0.354. The molecule has 1 fully saturated rings. The van der Waals surface area contributed by atoms with E-state index in [1.165, 1.54) is 11.3 Å². The summed E-state index contributed by atoms with van der Waals surface area (Å²) in [7, 11) is -0.380. The Labute approximate surface area is 146 Å². The predicted molar refractivity (Wildman–Crippen MR) is 94.5 cm³/mol. The number of methoxy groups -OCH3 is 2. The molecule has 3 rings (SSSR count). The number of hydrogen-bond acceptors (Lipinski definition) is 5. The summed E-state index contributed by atoms with van der Waals surface area (Å²) in [6, 6.07) is 9.09. The molecule has 7 heteroatoms. The first-order valence-electron chi connectivity index (χ1n) is 7.79. The van der Waals surface area contributed by atoms with E-state index in [2.05, 4.69) is 4.72 Å². The summed E-state index contributed by atoms with van der Waals surface area (Å²) in [6.45, 7) is 2.02. The molecule has 0 spiro atoms. The number of sulfonamides is 1. The number of thiophene rings is 1. The van der Waals surface area contributed by atoms with E-state index in [0.717, 1.165) is 29.7 Å². The molecule has 1 heterocycles. The van der Waals surface area contributed by atoms with Crippen molar-refractivity contribution in [1.82, 2.24) is 4.72 Å². The second-order valence-electron chi connectivity index (χ2n) is 5.83. The Balaban J connectivity index is 1.89. The van der Waals surface area contributed by atoms with Crippen LogP contribution in [0.15, 0.2) is 34.5 Å². The summed E-state index contributed by atoms with van der Waals surface area (Å²) in [5.74, 6) is 1.23. The van der Waals surface area contributed by atoms with Crippen LogP contribution in [0.5, 0.6) is 11.5 Å². The molecule has 0 bridgehead atoms. The smallest absolute Gasteiger partial charge is 0.250 e. The summed E-state index contributed by atoms with van der Waals surface area (Å²) >= 11 is 1.32. The maximum Gasteiger partial charge on any atom is 0.250 e. The molecule has 0 aliphatic heterocycles. The van der Waals surface area contributed by atoms with Gasteiger partial charge in [-0.3, -0.25) is 0 Å². The molecule has 1 saturated carbocycles. The highest BCUT2D eigenvalue weighted by atomic mass is 32.2. The minimum Gasteiger partial charge on any atom is -0.493 e. The lowest BCUT2D eigenvalue weighted by Gasteiger charge is -2.19. The van der Waals surface area contributed by atoms with Crippen molar-refractivity contribution < 1.29 is 17.9 Å². The topological polar surface area (TPSA) is 64.6 Å². The van der Waals surface area contributed by atoms with Crippen LogP contribution in [0, 0.1) is 0 Å². The fourth-order valence-corrected chi connectivity index (χ4v) is 5.45. The molecule has 2 aromatic rings. The summed E-state index contributed by atoms with van der Waals surface area (Å²) in [4.78, 5) is 1.06. The average molecular weight is 367 g/mol. The van der Waals surface area contributed by atoms with Crippen LogP contribution in [0.25, 0.3) is 0 Å². The van der Waals surface area contributed by atoms with Gasteiger partial charge in [-0.1, -0.05) is 13.0 Å². The van der Waals surface area contributed by atoms with Gasteiger partial charge in [0.05, 0.1) is 19.8 Å². The Morgan fingerprint density at radius 1 is 1.12 bits per heavy atom. The maximum absolute atomic E-state index is 12.7. The standard InChI is InChI=1S/C17H21NO4S2/c1-4-13-6-8-16(23-13)24(19,20)18-17(9-10-17)12-5-7-14(21-2)15(11-12)22-3/h5-8,11,18H,4,9-10H2,1-3H3. The monoisotopic (exact) mass is 367 g/mol. The van der Waals surface area contributed by atoms with Crippen molar-refractivity contribution in [3.05, 3.63) is 40.8 Å². The van der Waals surface area contributed by atoms with Gasteiger partial charge < -0.3 is 9.47 Å². The number of benzene rings is 1. The van der Waals surface area contributed by atoms with Crippen LogP contribution in [0.3, 0.4) is 0 Å². The van der Waals surface area contributed by atoms with E-state index in [-0.39, 0.29) is 0 Å². The van der Waals surface area contributed by atoms with E-state index in [1.807, 2.05) is 31.2 Å². The van der Waals surface area contributed by atoms with Crippen LogP contribution < -0.4 is 14.2 Å². The van der Waals surface area contributed by atoms with Gasteiger partial charge in [0.1, 0.15) is 4.21 Å². The third-order valence-electron chi connectivity index (χ3n) is 4.27. The van der Waals surface area contributed by atoms with E-state index < -0.39 is 15.6 Å². The van der Waals surface area contributed by atoms with Crippen LogP contribution in [0.2, 0.25) is 0 Å². The first kappa shape index (κ1) is 17.3. The maximum atomic E-state index is 12.7. The van der Waals surface area contributed by atoms with Crippen LogP contribution in [0.1, 0.15) is 30.2 Å². The molecule has 5 nitrogen and oxygen atoms in total. The Bertz CT molecular complexity index is 838. The Morgan fingerprint density at radius 2 is 1.83 bits per heavy atom.